The summed E-state index contributed by atoms with van der Waals surface area (Å²) in [5.74, 6) is 0.736. The number of nitrogens with one attached hydrogen (secondary N) is 3. The van der Waals surface area contributed by atoms with E-state index < -0.39 is 0 Å². The third kappa shape index (κ3) is 6.31. The molecule has 1 saturated carbocycles. The van der Waals surface area contributed by atoms with Crippen LogP contribution in [0.15, 0.2) is 53.9 Å². The number of allylic oxidation sites excluding steroid dienone is 4. The van der Waals surface area contributed by atoms with Crippen LogP contribution in [0.4, 0.5) is 0 Å². The number of phenolic OH excluding ortho intramolecular Hbond substituents is 1. The van der Waals surface area contributed by atoms with Crippen molar-refractivity contribution in [3.8, 4) is 5.75 Å². The predicted molar refractivity (Wildman–Crippen MR) is 136 cm³/mol. The van der Waals surface area contributed by atoms with Crippen LogP contribution in [0, 0.1) is 10.8 Å². The second kappa shape index (κ2) is 10.8. The van der Waals surface area contributed by atoms with Gasteiger partial charge in [0.15, 0.2) is 0 Å². The van der Waals surface area contributed by atoms with E-state index >= 15 is 0 Å². The highest BCUT2D eigenvalue weighted by atomic mass is 16.3. The third-order valence-electron chi connectivity index (χ3n) is 5.64. The normalized spacial score (nSPS) is 15.0. The van der Waals surface area contributed by atoms with Crippen LogP contribution in [-0.4, -0.2) is 32.5 Å². The molecule has 0 unspecified atom stereocenters. The number of carbonyl (C=O) groups is 1. The van der Waals surface area contributed by atoms with E-state index in [0.717, 1.165) is 41.1 Å². The van der Waals surface area contributed by atoms with E-state index in [9.17, 15) is 9.90 Å². The molecular formula is C26H32N6O2. The number of imidazole rings is 1. The highest BCUT2D eigenvalue weighted by Gasteiger charge is 2.28. The molecule has 0 atom stereocenters. The summed E-state index contributed by atoms with van der Waals surface area (Å²) in [4.78, 5) is 17.1. The first-order chi connectivity index (χ1) is 16.2. The Kier molecular flexibility index (Phi) is 7.83. The minimum absolute atomic E-state index is 0.0807. The first-order valence-corrected chi connectivity index (χ1v) is 11.2. The van der Waals surface area contributed by atoms with Crippen LogP contribution in [0.1, 0.15) is 63.2 Å². The van der Waals surface area contributed by atoms with Crippen LogP contribution in [0.2, 0.25) is 0 Å². The van der Waals surface area contributed by atoms with E-state index in [1.165, 1.54) is 6.21 Å². The summed E-state index contributed by atoms with van der Waals surface area (Å²) in [6.07, 6.45) is 8.84. The van der Waals surface area contributed by atoms with Crippen LogP contribution in [0.5, 0.6) is 5.75 Å². The smallest absolute Gasteiger partial charge is 0.224 e. The highest BCUT2D eigenvalue weighted by molar-refractivity contribution is 5.96. The van der Waals surface area contributed by atoms with Crippen molar-refractivity contribution in [3.63, 3.8) is 0 Å². The second-order valence-electron chi connectivity index (χ2n) is 8.59. The quantitative estimate of drug-likeness (QED) is 0.266. The Morgan fingerprint density at radius 3 is 2.53 bits per heavy atom. The molecule has 1 aliphatic carbocycles. The lowest BCUT2D eigenvalue weighted by Gasteiger charge is -2.11. The molecule has 6 N–H and O–H groups in total. The first-order valence-electron chi connectivity index (χ1n) is 11.2. The van der Waals surface area contributed by atoms with E-state index in [2.05, 4.69) is 9.88 Å². The number of nitrogens with zero attached hydrogens (tertiary/aromatic N) is 2. The van der Waals surface area contributed by atoms with Crippen molar-refractivity contribution in [2.45, 2.75) is 52.6 Å². The van der Waals surface area contributed by atoms with Gasteiger partial charge in [0.05, 0.1) is 5.69 Å². The molecule has 3 rings (SSSR count). The Morgan fingerprint density at radius 2 is 1.94 bits per heavy atom. The van der Waals surface area contributed by atoms with Crippen molar-refractivity contribution < 1.29 is 9.90 Å². The van der Waals surface area contributed by atoms with Gasteiger partial charge < -0.3 is 31.5 Å². The molecule has 34 heavy (non-hydrogen) atoms. The number of benzene rings is 1. The SMILES string of the molecule is CC(=N)/C=C(\C)c1cn(C2CC2)c(/C(C)=C(C=N)/C(N)=C\CC(=O)NCc2ccc(O)cc2)n1. The molecular weight excluding hydrogens is 428 g/mol. The van der Waals surface area contributed by atoms with Crippen molar-refractivity contribution in [1.29, 1.82) is 10.8 Å². The monoisotopic (exact) mass is 460 g/mol. The average molecular weight is 461 g/mol. The fourth-order valence-corrected chi connectivity index (χ4v) is 3.62. The molecule has 1 aromatic carbocycles. The summed E-state index contributed by atoms with van der Waals surface area (Å²) >= 11 is 0. The van der Waals surface area contributed by atoms with Gasteiger partial charge in [-0.3, -0.25) is 4.79 Å². The molecule has 1 heterocycles. The summed E-state index contributed by atoms with van der Waals surface area (Å²) in [5.41, 5.74) is 11.0. The molecule has 178 valence electrons. The molecule has 0 radical (unpaired) electrons. The first kappa shape index (κ1) is 24.7. The van der Waals surface area contributed by atoms with Gasteiger partial charge in [-0.15, -0.1) is 0 Å². The van der Waals surface area contributed by atoms with Crippen molar-refractivity contribution in [2.75, 3.05) is 0 Å². The maximum atomic E-state index is 12.3. The van der Waals surface area contributed by atoms with Gasteiger partial charge >= 0.3 is 0 Å². The molecule has 0 bridgehead atoms. The number of hydrogen-bond donors (Lipinski definition) is 5. The van der Waals surface area contributed by atoms with Gasteiger partial charge in [-0.05, 0) is 63.0 Å². The molecule has 0 aliphatic heterocycles. The number of nitrogens with two attached hydrogens (primary N) is 1. The topological polar surface area (TPSA) is 141 Å². The molecule has 1 fully saturated rings. The minimum atomic E-state index is -0.192. The van der Waals surface area contributed by atoms with Crippen molar-refractivity contribution in [2.24, 2.45) is 5.73 Å². The summed E-state index contributed by atoms with van der Waals surface area (Å²) in [5, 5.41) is 27.8. The minimum Gasteiger partial charge on any atom is -0.508 e. The summed E-state index contributed by atoms with van der Waals surface area (Å²) in [7, 11) is 0. The van der Waals surface area contributed by atoms with Crippen LogP contribution >= 0.6 is 0 Å². The number of rotatable bonds is 10. The van der Waals surface area contributed by atoms with Crippen LogP contribution in [0.3, 0.4) is 0 Å². The number of hydrogen-bond acceptors (Lipinski definition) is 6. The van der Waals surface area contributed by atoms with E-state index in [-0.39, 0.29) is 18.1 Å². The fourth-order valence-electron chi connectivity index (χ4n) is 3.62. The second-order valence-corrected chi connectivity index (χ2v) is 8.59. The number of phenols is 1. The fraction of sp³-hybridized carbons (Fsp3) is 0.308. The number of aromatic hydroxyl groups is 1. The molecule has 8 heteroatoms. The number of amides is 1. The van der Waals surface area contributed by atoms with Crippen LogP contribution in [-0.2, 0) is 11.3 Å². The van der Waals surface area contributed by atoms with Crippen molar-refractivity contribution in [3.05, 3.63) is 71.0 Å². The van der Waals surface area contributed by atoms with Gasteiger partial charge in [0.2, 0.25) is 5.91 Å². The molecule has 8 nitrogen and oxygen atoms in total. The third-order valence-corrected chi connectivity index (χ3v) is 5.64. The zero-order chi connectivity index (χ0) is 24.8. The summed E-state index contributed by atoms with van der Waals surface area (Å²) in [6.45, 7) is 5.90. The van der Waals surface area contributed by atoms with E-state index in [1.807, 2.05) is 20.0 Å². The molecule has 2 aromatic rings. The molecule has 0 spiro atoms. The van der Waals surface area contributed by atoms with Crippen LogP contribution in [0.25, 0.3) is 11.1 Å². The number of carbonyl (C=O) groups excluding carboxylic acids is 1. The van der Waals surface area contributed by atoms with E-state index in [4.69, 9.17) is 21.5 Å². The Hall–Kier alpha value is -3.94. The maximum absolute atomic E-state index is 12.3. The van der Waals surface area contributed by atoms with Crippen LogP contribution < -0.4 is 11.1 Å². The lowest BCUT2D eigenvalue weighted by molar-refractivity contribution is -0.120. The van der Waals surface area contributed by atoms with Gasteiger partial charge in [0.25, 0.3) is 0 Å². The molecule has 1 aliphatic rings. The lowest BCUT2D eigenvalue weighted by atomic mass is 10.1. The lowest BCUT2D eigenvalue weighted by Crippen LogP contribution is -2.22. The van der Waals surface area contributed by atoms with Crippen molar-refractivity contribution in [1.82, 2.24) is 14.9 Å². The van der Waals surface area contributed by atoms with Gasteiger partial charge in [0, 0.05) is 54.0 Å². The number of aromatic nitrogens is 2. The largest absolute Gasteiger partial charge is 0.508 e. The molecule has 1 amide bonds. The predicted octanol–water partition coefficient (Wildman–Crippen LogP) is 4.34. The van der Waals surface area contributed by atoms with Gasteiger partial charge in [-0.2, -0.15) is 0 Å². The summed E-state index contributed by atoms with van der Waals surface area (Å²) in [6, 6.07) is 7.02. The zero-order valence-corrected chi connectivity index (χ0v) is 19.9. The van der Waals surface area contributed by atoms with Gasteiger partial charge in [-0.25, -0.2) is 4.98 Å². The van der Waals surface area contributed by atoms with E-state index in [0.29, 0.717) is 29.6 Å². The maximum Gasteiger partial charge on any atom is 0.224 e. The zero-order valence-electron chi connectivity index (χ0n) is 19.9. The summed E-state index contributed by atoms with van der Waals surface area (Å²) < 4.78 is 2.13. The highest BCUT2D eigenvalue weighted by Crippen LogP contribution is 2.38. The Bertz CT molecular complexity index is 1180. The Balaban J connectivity index is 1.78. The van der Waals surface area contributed by atoms with Gasteiger partial charge in [-0.1, -0.05) is 18.2 Å². The van der Waals surface area contributed by atoms with Crippen molar-refractivity contribution >= 4 is 29.0 Å². The van der Waals surface area contributed by atoms with E-state index in [1.54, 1.807) is 43.3 Å². The molecule has 1 aromatic heterocycles. The Labute approximate surface area is 199 Å². The Morgan fingerprint density at radius 1 is 1.26 bits per heavy atom. The van der Waals surface area contributed by atoms with Gasteiger partial charge in [0.1, 0.15) is 11.6 Å². The standard InChI is InChI=1S/C26H32N6O2/c1-16(12-17(2)28)24-15-32(20-6-7-20)26(31-24)18(3)22(13-27)23(29)10-11-25(34)30-14-19-4-8-21(33)9-5-19/h4-5,8-10,12-13,15,20,27-28,33H,6-7,11,14,29H2,1-3H3,(H,30,34)/b16-12+,22-18+,23-10+,27-13?,28-17?. The average Bonchev–Trinajstić information content (AvgIpc) is 3.54. The molecule has 0 saturated heterocycles.